The summed E-state index contributed by atoms with van der Waals surface area (Å²) in [6.07, 6.45) is 1.15. The third kappa shape index (κ3) is 7.09. The summed E-state index contributed by atoms with van der Waals surface area (Å²) in [6, 6.07) is 0. The Morgan fingerprint density at radius 1 is 1.35 bits per heavy atom. The van der Waals surface area contributed by atoms with Crippen molar-refractivity contribution in [2.75, 3.05) is 32.1 Å². The van der Waals surface area contributed by atoms with Gasteiger partial charge in [0.2, 0.25) is 11.8 Å². The minimum absolute atomic E-state index is 0.00208. The number of aromatic nitrogens is 1. The molecule has 0 fully saturated rings. The molecular formula is C16H27N3O3S. The molecule has 23 heavy (non-hydrogen) atoms. The van der Waals surface area contributed by atoms with E-state index in [0.717, 1.165) is 10.6 Å². The number of carbonyl (C=O) groups excluding carboxylic acids is 2. The van der Waals surface area contributed by atoms with Crippen LogP contribution in [0.3, 0.4) is 0 Å². The highest BCUT2D eigenvalue weighted by atomic mass is 32.1. The molecule has 0 aliphatic rings. The first-order valence-electron chi connectivity index (χ1n) is 7.84. The molecule has 1 aromatic heterocycles. The van der Waals surface area contributed by atoms with Gasteiger partial charge in [-0.1, -0.05) is 13.8 Å². The Hall–Kier alpha value is -1.47. The number of thiazole rings is 1. The van der Waals surface area contributed by atoms with Gasteiger partial charge < -0.3 is 15.0 Å². The molecule has 2 amide bonds. The minimum Gasteiger partial charge on any atom is -0.385 e. The Labute approximate surface area is 142 Å². The highest BCUT2D eigenvalue weighted by molar-refractivity contribution is 7.15. The topological polar surface area (TPSA) is 71.5 Å². The van der Waals surface area contributed by atoms with Gasteiger partial charge in [-0.05, 0) is 26.2 Å². The Balaban J connectivity index is 2.62. The largest absolute Gasteiger partial charge is 0.385 e. The average Bonchev–Trinajstić information content (AvgIpc) is 2.75. The lowest BCUT2D eigenvalue weighted by Crippen LogP contribution is -2.39. The van der Waals surface area contributed by atoms with Crippen LogP contribution < -0.4 is 5.32 Å². The molecule has 0 saturated carbocycles. The van der Waals surface area contributed by atoms with Crippen molar-refractivity contribution in [1.82, 2.24) is 9.88 Å². The molecule has 0 unspecified atom stereocenters. The molecule has 0 bridgehead atoms. The molecule has 130 valence electrons. The normalized spacial score (nSPS) is 10.9. The molecule has 0 atom stereocenters. The van der Waals surface area contributed by atoms with Crippen LogP contribution in [0, 0.1) is 19.8 Å². The average molecular weight is 341 g/mol. The van der Waals surface area contributed by atoms with Crippen LogP contribution in [0.1, 0.15) is 37.3 Å². The van der Waals surface area contributed by atoms with Gasteiger partial charge >= 0.3 is 0 Å². The van der Waals surface area contributed by atoms with Gasteiger partial charge in [-0.3, -0.25) is 9.59 Å². The second-order valence-corrected chi connectivity index (χ2v) is 7.17. The van der Waals surface area contributed by atoms with Crippen LogP contribution in [0.4, 0.5) is 5.13 Å². The Morgan fingerprint density at radius 3 is 2.57 bits per heavy atom. The summed E-state index contributed by atoms with van der Waals surface area (Å²) in [4.78, 5) is 31.4. The second kappa shape index (κ2) is 9.62. The van der Waals surface area contributed by atoms with E-state index < -0.39 is 0 Å². The minimum atomic E-state index is -0.215. The van der Waals surface area contributed by atoms with Crippen LogP contribution in [-0.2, 0) is 14.3 Å². The number of ether oxygens (including phenoxy) is 1. The molecule has 0 aliphatic heterocycles. The lowest BCUT2D eigenvalue weighted by molar-refractivity contribution is -0.135. The smallest absolute Gasteiger partial charge is 0.245 e. The Morgan fingerprint density at radius 2 is 2.04 bits per heavy atom. The van der Waals surface area contributed by atoms with Crippen molar-refractivity contribution in [2.24, 2.45) is 5.92 Å². The predicted octanol–water partition coefficient (Wildman–Crippen LogP) is 2.61. The molecule has 0 saturated heterocycles. The van der Waals surface area contributed by atoms with Crippen LogP contribution in [0.25, 0.3) is 0 Å². The van der Waals surface area contributed by atoms with Crippen molar-refractivity contribution in [1.29, 1.82) is 0 Å². The van der Waals surface area contributed by atoms with E-state index >= 15 is 0 Å². The van der Waals surface area contributed by atoms with Gasteiger partial charge in [0.05, 0.1) is 12.2 Å². The van der Waals surface area contributed by atoms with Gasteiger partial charge in [-0.15, -0.1) is 11.3 Å². The maximum absolute atomic E-state index is 12.3. The summed E-state index contributed by atoms with van der Waals surface area (Å²) < 4.78 is 5.02. The summed E-state index contributed by atoms with van der Waals surface area (Å²) in [5.41, 5.74) is 0.915. The number of aryl methyl sites for hydroxylation is 2. The Bertz CT molecular complexity index is 509. The van der Waals surface area contributed by atoms with Crippen molar-refractivity contribution in [2.45, 2.75) is 40.5 Å². The monoisotopic (exact) mass is 341 g/mol. The fraction of sp³-hybridized carbons (Fsp3) is 0.688. The lowest BCUT2D eigenvalue weighted by atomic mass is 10.1. The van der Waals surface area contributed by atoms with Crippen LogP contribution in [0.15, 0.2) is 0 Å². The first-order chi connectivity index (χ1) is 10.8. The number of anilines is 1. The highest BCUT2D eigenvalue weighted by Gasteiger charge is 2.18. The van der Waals surface area contributed by atoms with E-state index in [1.807, 2.05) is 27.7 Å². The van der Waals surface area contributed by atoms with Crippen molar-refractivity contribution in [3.63, 3.8) is 0 Å². The number of rotatable bonds is 9. The zero-order valence-electron chi connectivity index (χ0n) is 14.6. The summed E-state index contributed by atoms with van der Waals surface area (Å²) in [6.45, 7) is 8.99. The number of methoxy groups -OCH3 is 1. The molecule has 0 aromatic carbocycles. The molecule has 1 aromatic rings. The quantitative estimate of drug-likeness (QED) is 0.701. The fourth-order valence-electron chi connectivity index (χ4n) is 2.03. The van der Waals surface area contributed by atoms with Gasteiger partial charge in [0.25, 0.3) is 0 Å². The molecule has 0 aliphatic carbocycles. The summed E-state index contributed by atoms with van der Waals surface area (Å²) in [5, 5.41) is 3.36. The maximum atomic E-state index is 12.3. The molecule has 0 radical (unpaired) electrons. The number of amides is 2. The SMILES string of the molecule is COCCCN(CC(=O)Nc1nc(C)c(C)s1)C(=O)CC(C)C. The van der Waals surface area contributed by atoms with Crippen LogP contribution in [-0.4, -0.2) is 48.5 Å². The van der Waals surface area contributed by atoms with Gasteiger partial charge in [-0.25, -0.2) is 4.98 Å². The fourth-order valence-corrected chi connectivity index (χ4v) is 2.86. The number of hydrogen-bond acceptors (Lipinski definition) is 5. The van der Waals surface area contributed by atoms with E-state index in [1.54, 1.807) is 12.0 Å². The Kier molecular flexibility index (Phi) is 8.19. The molecule has 1 rings (SSSR count). The molecular weight excluding hydrogens is 314 g/mol. The zero-order chi connectivity index (χ0) is 17.4. The van der Waals surface area contributed by atoms with Crippen molar-refractivity contribution < 1.29 is 14.3 Å². The second-order valence-electron chi connectivity index (χ2n) is 5.97. The summed E-state index contributed by atoms with van der Waals surface area (Å²) >= 11 is 1.44. The third-order valence-electron chi connectivity index (χ3n) is 3.32. The number of carbonyl (C=O) groups is 2. The third-order valence-corrected chi connectivity index (χ3v) is 4.31. The first-order valence-corrected chi connectivity index (χ1v) is 8.65. The van der Waals surface area contributed by atoms with E-state index in [9.17, 15) is 9.59 Å². The van der Waals surface area contributed by atoms with Crippen LogP contribution in [0.2, 0.25) is 0 Å². The summed E-state index contributed by atoms with van der Waals surface area (Å²) in [7, 11) is 1.63. The van der Waals surface area contributed by atoms with Crippen molar-refractivity contribution in [3.05, 3.63) is 10.6 Å². The van der Waals surface area contributed by atoms with E-state index in [4.69, 9.17) is 4.74 Å². The highest BCUT2D eigenvalue weighted by Crippen LogP contribution is 2.21. The number of hydrogen-bond donors (Lipinski definition) is 1. The lowest BCUT2D eigenvalue weighted by Gasteiger charge is -2.22. The standard InChI is InChI=1S/C16H27N3O3S/c1-11(2)9-15(21)19(7-6-8-22-5)10-14(20)18-16-17-12(3)13(4)23-16/h11H,6-10H2,1-5H3,(H,17,18,20). The predicted molar refractivity (Wildman–Crippen MR) is 92.7 cm³/mol. The maximum Gasteiger partial charge on any atom is 0.245 e. The van der Waals surface area contributed by atoms with E-state index in [0.29, 0.717) is 31.1 Å². The summed E-state index contributed by atoms with van der Waals surface area (Å²) in [5.74, 6) is 0.0470. The van der Waals surface area contributed by atoms with Gasteiger partial charge in [0.1, 0.15) is 0 Å². The van der Waals surface area contributed by atoms with Gasteiger partial charge in [-0.2, -0.15) is 0 Å². The molecule has 7 heteroatoms. The van der Waals surface area contributed by atoms with Gasteiger partial charge in [0.15, 0.2) is 5.13 Å². The van der Waals surface area contributed by atoms with Gasteiger partial charge in [0, 0.05) is 31.6 Å². The number of nitrogens with zero attached hydrogens (tertiary/aromatic N) is 2. The van der Waals surface area contributed by atoms with Crippen LogP contribution >= 0.6 is 11.3 Å². The van der Waals surface area contributed by atoms with E-state index in [-0.39, 0.29) is 24.3 Å². The molecule has 1 heterocycles. The van der Waals surface area contributed by atoms with E-state index in [2.05, 4.69) is 10.3 Å². The zero-order valence-corrected chi connectivity index (χ0v) is 15.5. The van der Waals surface area contributed by atoms with E-state index in [1.165, 1.54) is 11.3 Å². The van der Waals surface area contributed by atoms with Crippen molar-refractivity contribution in [3.8, 4) is 0 Å². The van der Waals surface area contributed by atoms with Crippen LogP contribution in [0.5, 0.6) is 0 Å². The number of nitrogens with one attached hydrogen (secondary N) is 1. The van der Waals surface area contributed by atoms with Crippen molar-refractivity contribution >= 4 is 28.3 Å². The molecule has 0 spiro atoms. The molecule has 1 N–H and O–H groups in total. The first kappa shape index (κ1) is 19.6. The molecule has 6 nitrogen and oxygen atoms in total.